The van der Waals surface area contributed by atoms with Crippen molar-refractivity contribution in [2.75, 3.05) is 18.5 Å². The van der Waals surface area contributed by atoms with Crippen LogP contribution < -0.4 is 10.8 Å². The van der Waals surface area contributed by atoms with Crippen molar-refractivity contribution < 1.29 is 28.3 Å². The predicted octanol–water partition coefficient (Wildman–Crippen LogP) is 3.75. The summed E-state index contributed by atoms with van der Waals surface area (Å²) in [5, 5.41) is 12.9. The summed E-state index contributed by atoms with van der Waals surface area (Å²) < 4.78 is 25.9. The number of fused-ring (bicyclic) bond motifs is 1. The molecule has 0 aliphatic carbocycles. The van der Waals surface area contributed by atoms with Crippen LogP contribution in [0.4, 0.5) is 15.8 Å². The van der Waals surface area contributed by atoms with Crippen LogP contribution in [-0.2, 0) is 9.57 Å². The fourth-order valence-electron chi connectivity index (χ4n) is 2.54. The third-order valence-electron chi connectivity index (χ3n) is 4.02. The van der Waals surface area contributed by atoms with Crippen LogP contribution in [0.2, 0.25) is 0 Å². The summed E-state index contributed by atoms with van der Waals surface area (Å²) in [4.78, 5) is 25.9. The standard InChI is InChI=1S/C20H22FIN4O5/c1-11(8-29-20(2,3)28)9-30-26-18(27)17-16(13-7-23-10-24-19(13)31-17)25-15-5-4-12(22)6-14(15)21/h4-7,10-11,25,28H,8-9H2,1-3H3,(H,26,27)/t11-/m1/s1. The van der Waals surface area contributed by atoms with Crippen LogP contribution in [0, 0.1) is 15.3 Å². The van der Waals surface area contributed by atoms with Crippen molar-refractivity contribution in [3.8, 4) is 0 Å². The zero-order valence-corrected chi connectivity index (χ0v) is 19.3. The molecule has 11 heteroatoms. The Morgan fingerprint density at radius 3 is 2.87 bits per heavy atom. The average Bonchev–Trinajstić information content (AvgIpc) is 3.06. The number of ether oxygens (including phenoxy) is 1. The summed E-state index contributed by atoms with van der Waals surface area (Å²) in [5.74, 6) is -2.65. The molecule has 1 amide bonds. The Hall–Kier alpha value is -2.35. The number of nitrogens with one attached hydrogen (secondary N) is 2. The van der Waals surface area contributed by atoms with E-state index in [2.05, 4.69) is 20.8 Å². The number of furan rings is 1. The van der Waals surface area contributed by atoms with E-state index in [4.69, 9.17) is 14.0 Å². The molecule has 3 aromatic rings. The number of hydrogen-bond donors (Lipinski definition) is 3. The molecular formula is C20H22FIN4O5. The van der Waals surface area contributed by atoms with Gasteiger partial charge in [-0.15, -0.1) is 0 Å². The number of amides is 1. The van der Waals surface area contributed by atoms with E-state index in [0.717, 1.165) is 3.57 Å². The Kier molecular flexibility index (Phi) is 7.41. The van der Waals surface area contributed by atoms with E-state index in [1.54, 1.807) is 12.1 Å². The number of carbonyl (C=O) groups excluding carboxylic acids is 1. The number of rotatable bonds is 9. The number of anilines is 2. The molecule has 31 heavy (non-hydrogen) atoms. The van der Waals surface area contributed by atoms with Gasteiger partial charge in [-0.2, -0.15) is 0 Å². The van der Waals surface area contributed by atoms with Gasteiger partial charge in [0.25, 0.3) is 0 Å². The Balaban J connectivity index is 1.74. The highest BCUT2D eigenvalue weighted by atomic mass is 127. The number of hydroxylamine groups is 1. The van der Waals surface area contributed by atoms with Gasteiger partial charge in [-0.3, -0.25) is 9.63 Å². The molecule has 2 aromatic heterocycles. The fraction of sp³-hybridized carbons (Fsp3) is 0.350. The van der Waals surface area contributed by atoms with Gasteiger partial charge >= 0.3 is 5.91 Å². The van der Waals surface area contributed by atoms with E-state index in [0.29, 0.717) is 5.39 Å². The van der Waals surface area contributed by atoms with Gasteiger partial charge in [0, 0.05) is 15.7 Å². The van der Waals surface area contributed by atoms with Crippen molar-refractivity contribution in [1.82, 2.24) is 15.4 Å². The molecule has 0 bridgehead atoms. The number of aromatic nitrogens is 2. The number of nitrogens with zero attached hydrogens (tertiary/aromatic N) is 2. The van der Waals surface area contributed by atoms with Crippen LogP contribution in [0.3, 0.4) is 0 Å². The molecule has 0 radical (unpaired) electrons. The lowest BCUT2D eigenvalue weighted by atomic mass is 10.2. The van der Waals surface area contributed by atoms with Crippen LogP contribution >= 0.6 is 22.6 Å². The monoisotopic (exact) mass is 544 g/mol. The maximum absolute atomic E-state index is 14.3. The highest BCUT2D eigenvalue weighted by Crippen LogP contribution is 2.32. The molecule has 1 atom stereocenters. The molecule has 0 aliphatic rings. The second-order valence-corrected chi connectivity index (χ2v) is 8.65. The van der Waals surface area contributed by atoms with Gasteiger partial charge in [0.05, 0.1) is 24.3 Å². The van der Waals surface area contributed by atoms with Gasteiger partial charge in [-0.25, -0.2) is 19.8 Å². The highest BCUT2D eigenvalue weighted by Gasteiger charge is 2.23. The zero-order valence-electron chi connectivity index (χ0n) is 17.1. The Morgan fingerprint density at radius 2 is 2.16 bits per heavy atom. The number of carbonyl (C=O) groups is 1. The normalized spacial score (nSPS) is 12.7. The van der Waals surface area contributed by atoms with Crippen molar-refractivity contribution >= 4 is 51.0 Å². The van der Waals surface area contributed by atoms with Gasteiger partial charge in [-0.05, 0) is 54.6 Å². The first-order chi connectivity index (χ1) is 14.6. The molecule has 0 unspecified atom stereocenters. The molecule has 0 saturated carbocycles. The number of hydrogen-bond acceptors (Lipinski definition) is 8. The van der Waals surface area contributed by atoms with E-state index in [-0.39, 0.29) is 42.0 Å². The van der Waals surface area contributed by atoms with E-state index in [9.17, 15) is 14.3 Å². The number of aliphatic hydroxyl groups is 1. The summed E-state index contributed by atoms with van der Waals surface area (Å²) in [6, 6.07) is 4.65. The first-order valence-corrected chi connectivity index (χ1v) is 10.4. The second kappa shape index (κ2) is 9.85. The zero-order chi connectivity index (χ0) is 22.6. The second-order valence-electron chi connectivity index (χ2n) is 7.40. The Bertz CT molecular complexity index is 1070. The smallest absolute Gasteiger partial charge is 0.312 e. The lowest BCUT2D eigenvalue weighted by molar-refractivity contribution is -0.186. The first kappa shape index (κ1) is 23.3. The van der Waals surface area contributed by atoms with Gasteiger partial charge in [0.1, 0.15) is 17.8 Å². The summed E-state index contributed by atoms with van der Waals surface area (Å²) in [5.41, 5.74) is 2.85. The van der Waals surface area contributed by atoms with E-state index in [1.165, 1.54) is 32.4 Å². The lowest BCUT2D eigenvalue weighted by Gasteiger charge is -2.21. The molecule has 0 fully saturated rings. The van der Waals surface area contributed by atoms with Gasteiger partial charge < -0.3 is 19.6 Å². The minimum absolute atomic E-state index is 0.105. The molecule has 166 valence electrons. The topological polar surface area (TPSA) is 119 Å². The molecule has 3 rings (SSSR count). The van der Waals surface area contributed by atoms with Gasteiger partial charge in [0.15, 0.2) is 5.79 Å². The summed E-state index contributed by atoms with van der Waals surface area (Å²) in [6.07, 6.45) is 2.75. The summed E-state index contributed by atoms with van der Waals surface area (Å²) >= 11 is 2.00. The van der Waals surface area contributed by atoms with Crippen molar-refractivity contribution in [2.24, 2.45) is 5.92 Å². The minimum atomic E-state index is -1.25. The van der Waals surface area contributed by atoms with Crippen LogP contribution in [0.1, 0.15) is 31.3 Å². The largest absolute Gasteiger partial charge is 0.430 e. The van der Waals surface area contributed by atoms with Crippen molar-refractivity contribution in [3.05, 3.63) is 45.9 Å². The molecule has 3 N–H and O–H groups in total. The van der Waals surface area contributed by atoms with Crippen molar-refractivity contribution in [3.63, 3.8) is 0 Å². The molecule has 2 heterocycles. The van der Waals surface area contributed by atoms with Crippen LogP contribution in [-0.4, -0.2) is 40.0 Å². The molecular weight excluding hydrogens is 522 g/mol. The molecule has 0 spiro atoms. The van der Waals surface area contributed by atoms with Crippen molar-refractivity contribution in [2.45, 2.75) is 26.6 Å². The maximum atomic E-state index is 14.3. The molecule has 9 nitrogen and oxygen atoms in total. The van der Waals surface area contributed by atoms with Crippen LogP contribution in [0.15, 0.2) is 35.1 Å². The highest BCUT2D eigenvalue weighted by molar-refractivity contribution is 14.1. The molecule has 1 aromatic carbocycles. The first-order valence-electron chi connectivity index (χ1n) is 9.37. The third-order valence-corrected chi connectivity index (χ3v) is 4.69. The minimum Gasteiger partial charge on any atom is -0.430 e. The quantitative estimate of drug-likeness (QED) is 0.212. The van der Waals surface area contributed by atoms with Crippen LogP contribution in [0.5, 0.6) is 0 Å². The number of halogens is 2. The Morgan fingerprint density at radius 1 is 1.39 bits per heavy atom. The third kappa shape index (κ3) is 6.32. The van der Waals surface area contributed by atoms with Crippen molar-refractivity contribution in [1.29, 1.82) is 0 Å². The fourth-order valence-corrected chi connectivity index (χ4v) is 2.99. The SMILES string of the molecule is C[C@@H](CONC(=O)c1oc2ncncc2c1Nc1ccc(I)cc1F)COC(C)(C)O. The molecule has 0 saturated heterocycles. The maximum Gasteiger partial charge on any atom is 0.312 e. The molecule has 0 aliphatic heterocycles. The average molecular weight is 544 g/mol. The predicted molar refractivity (Wildman–Crippen MR) is 119 cm³/mol. The van der Waals surface area contributed by atoms with Crippen LogP contribution in [0.25, 0.3) is 11.1 Å². The summed E-state index contributed by atoms with van der Waals surface area (Å²) in [6.45, 7) is 5.26. The van der Waals surface area contributed by atoms with Gasteiger partial charge in [0.2, 0.25) is 11.5 Å². The lowest BCUT2D eigenvalue weighted by Crippen LogP contribution is -2.30. The summed E-state index contributed by atoms with van der Waals surface area (Å²) in [7, 11) is 0. The van der Waals surface area contributed by atoms with E-state index >= 15 is 0 Å². The van der Waals surface area contributed by atoms with E-state index in [1.807, 2.05) is 29.5 Å². The van der Waals surface area contributed by atoms with Gasteiger partial charge in [-0.1, -0.05) is 6.92 Å². The van der Waals surface area contributed by atoms with E-state index < -0.39 is 17.5 Å². The number of benzene rings is 1. The Labute approximate surface area is 191 Å².